The summed E-state index contributed by atoms with van der Waals surface area (Å²) in [5, 5.41) is 0. The molecule has 1 aliphatic heterocycles. The molecular formula is C18H32IN3. The van der Waals surface area contributed by atoms with Crippen molar-refractivity contribution in [2.24, 2.45) is 5.92 Å². The molecule has 1 heterocycles. The van der Waals surface area contributed by atoms with Gasteiger partial charge in [-0.25, -0.2) is 0 Å². The van der Waals surface area contributed by atoms with Crippen LogP contribution in [0.3, 0.4) is 0 Å². The van der Waals surface area contributed by atoms with E-state index in [1.807, 2.05) is 12.1 Å². The van der Waals surface area contributed by atoms with E-state index < -0.39 is 0 Å². The van der Waals surface area contributed by atoms with E-state index >= 15 is 0 Å². The Bertz CT molecular complexity index is 419. The molecule has 126 valence electrons. The largest absolute Gasteiger partial charge is 0.399 e. The van der Waals surface area contributed by atoms with Crippen molar-refractivity contribution >= 4 is 35.4 Å². The van der Waals surface area contributed by atoms with E-state index in [2.05, 4.69) is 43.0 Å². The maximum absolute atomic E-state index is 5.78. The molecule has 2 N–H and O–H groups in total. The SMILES string of the molecule is CCCCCC(C1CCN(c2ccc(N)cc2)C1)N(C)C.I. The number of nitrogens with zero attached hydrogens (tertiary/aromatic N) is 2. The lowest BCUT2D eigenvalue weighted by Crippen LogP contribution is -2.37. The molecule has 2 atom stereocenters. The predicted octanol–water partition coefficient (Wildman–Crippen LogP) is 4.22. The Balaban J connectivity index is 0.00000242. The van der Waals surface area contributed by atoms with Gasteiger partial charge in [0.15, 0.2) is 0 Å². The van der Waals surface area contributed by atoms with Crippen molar-refractivity contribution in [3.8, 4) is 0 Å². The topological polar surface area (TPSA) is 32.5 Å². The van der Waals surface area contributed by atoms with E-state index in [0.29, 0.717) is 0 Å². The molecule has 3 nitrogen and oxygen atoms in total. The van der Waals surface area contributed by atoms with Crippen LogP contribution in [0.2, 0.25) is 0 Å². The lowest BCUT2D eigenvalue weighted by atomic mass is 9.93. The molecule has 22 heavy (non-hydrogen) atoms. The van der Waals surface area contributed by atoms with Crippen LogP contribution in [0.1, 0.15) is 39.0 Å². The van der Waals surface area contributed by atoms with Gasteiger partial charge in [0.05, 0.1) is 0 Å². The zero-order chi connectivity index (χ0) is 15.2. The highest BCUT2D eigenvalue weighted by Crippen LogP contribution is 2.29. The van der Waals surface area contributed by atoms with Crippen LogP contribution in [0, 0.1) is 5.92 Å². The van der Waals surface area contributed by atoms with Gasteiger partial charge in [0.2, 0.25) is 0 Å². The van der Waals surface area contributed by atoms with E-state index in [1.54, 1.807) is 0 Å². The summed E-state index contributed by atoms with van der Waals surface area (Å²) in [6.45, 7) is 4.63. The van der Waals surface area contributed by atoms with Crippen LogP contribution in [-0.4, -0.2) is 38.1 Å². The third-order valence-corrected chi connectivity index (χ3v) is 4.79. The number of halogens is 1. The van der Waals surface area contributed by atoms with Gasteiger partial charge in [0.1, 0.15) is 0 Å². The summed E-state index contributed by atoms with van der Waals surface area (Å²) in [5.74, 6) is 0.786. The molecule has 2 rings (SSSR count). The molecule has 0 amide bonds. The Labute approximate surface area is 153 Å². The number of unbranched alkanes of at least 4 members (excludes halogenated alkanes) is 2. The lowest BCUT2D eigenvalue weighted by Gasteiger charge is -2.30. The number of hydrogen-bond donors (Lipinski definition) is 1. The monoisotopic (exact) mass is 417 g/mol. The van der Waals surface area contributed by atoms with E-state index in [4.69, 9.17) is 5.73 Å². The third kappa shape index (κ3) is 5.30. The second-order valence-electron chi connectivity index (χ2n) is 6.61. The number of anilines is 2. The minimum atomic E-state index is 0. The lowest BCUT2D eigenvalue weighted by molar-refractivity contribution is 0.204. The number of hydrogen-bond acceptors (Lipinski definition) is 3. The van der Waals surface area contributed by atoms with Crippen molar-refractivity contribution < 1.29 is 0 Å². The van der Waals surface area contributed by atoms with Crippen LogP contribution in [0.5, 0.6) is 0 Å². The smallest absolute Gasteiger partial charge is 0.0367 e. The Morgan fingerprint density at radius 2 is 1.91 bits per heavy atom. The Morgan fingerprint density at radius 1 is 1.23 bits per heavy atom. The minimum Gasteiger partial charge on any atom is -0.399 e. The fourth-order valence-electron chi connectivity index (χ4n) is 3.54. The van der Waals surface area contributed by atoms with Crippen LogP contribution in [0.4, 0.5) is 11.4 Å². The van der Waals surface area contributed by atoms with Crippen molar-refractivity contribution in [2.45, 2.75) is 45.1 Å². The van der Waals surface area contributed by atoms with Crippen LogP contribution in [0.15, 0.2) is 24.3 Å². The summed E-state index contributed by atoms with van der Waals surface area (Å²) < 4.78 is 0. The molecule has 0 aliphatic carbocycles. The van der Waals surface area contributed by atoms with E-state index in [1.165, 1.54) is 50.9 Å². The summed E-state index contributed by atoms with van der Waals surface area (Å²) in [5.41, 5.74) is 7.95. The van der Waals surface area contributed by atoms with Crippen LogP contribution < -0.4 is 10.6 Å². The van der Waals surface area contributed by atoms with E-state index in [0.717, 1.165) is 17.6 Å². The standard InChI is InChI=1S/C18H31N3.HI/c1-4-5-6-7-18(20(2)3)15-12-13-21(14-15)17-10-8-16(19)9-11-17;/h8-11,15,18H,4-7,12-14,19H2,1-3H3;1H. The first kappa shape index (κ1) is 19.6. The quantitative estimate of drug-likeness (QED) is 0.410. The normalized spacial score (nSPS) is 19.3. The molecule has 1 aromatic carbocycles. The highest BCUT2D eigenvalue weighted by Gasteiger charge is 2.30. The minimum absolute atomic E-state index is 0. The van der Waals surface area contributed by atoms with E-state index in [9.17, 15) is 0 Å². The zero-order valence-corrected chi connectivity index (χ0v) is 16.6. The molecule has 0 bridgehead atoms. The van der Waals surface area contributed by atoms with Gasteiger partial charge >= 0.3 is 0 Å². The van der Waals surface area contributed by atoms with Crippen molar-refractivity contribution in [1.29, 1.82) is 0 Å². The van der Waals surface area contributed by atoms with Gasteiger partial charge in [-0.3, -0.25) is 0 Å². The maximum atomic E-state index is 5.78. The summed E-state index contributed by atoms with van der Waals surface area (Å²) >= 11 is 0. The predicted molar refractivity (Wildman–Crippen MR) is 108 cm³/mol. The van der Waals surface area contributed by atoms with Gasteiger partial charge < -0.3 is 15.5 Å². The summed E-state index contributed by atoms with van der Waals surface area (Å²) in [7, 11) is 4.48. The zero-order valence-electron chi connectivity index (χ0n) is 14.3. The molecule has 2 unspecified atom stereocenters. The molecule has 0 spiro atoms. The first-order valence-corrected chi connectivity index (χ1v) is 8.38. The van der Waals surface area contributed by atoms with E-state index in [-0.39, 0.29) is 24.0 Å². The van der Waals surface area contributed by atoms with Crippen LogP contribution in [0.25, 0.3) is 0 Å². The summed E-state index contributed by atoms with van der Waals surface area (Å²) in [6.07, 6.45) is 6.67. The molecule has 1 aliphatic rings. The Morgan fingerprint density at radius 3 is 2.50 bits per heavy atom. The maximum Gasteiger partial charge on any atom is 0.0367 e. The highest BCUT2D eigenvalue weighted by atomic mass is 127. The summed E-state index contributed by atoms with van der Waals surface area (Å²) in [6, 6.07) is 9.04. The van der Waals surface area contributed by atoms with Gasteiger partial charge in [-0.2, -0.15) is 0 Å². The van der Waals surface area contributed by atoms with Crippen molar-refractivity contribution in [2.75, 3.05) is 37.8 Å². The van der Waals surface area contributed by atoms with Crippen molar-refractivity contribution in [3.05, 3.63) is 24.3 Å². The molecule has 1 aromatic rings. The second kappa shape index (κ2) is 9.60. The number of nitrogens with two attached hydrogens (primary N) is 1. The molecule has 4 heteroatoms. The van der Waals surface area contributed by atoms with Gasteiger partial charge in [-0.15, -0.1) is 24.0 Å². The molecule has 0 saturated carbocycles. The summed E-state index contributed by atoms with van der Waals surface area (Å²) in [4.78, 5) is 4.95. The number of benzene rings is 1. The van der Waals surface area contributed by atoms with Crippen molar-refractivity contribution in [3.63, 3.8) is 0 Å². The van der Waals surface area contributed by atoms with Gasteiger partial charge in [0, 0.05) is 30.5 Å². The molecule has 0 aromatic heterocycles. The van der Waals surface area contributed by atoms with Crippen LogP contribution in [-0.2, 0) is 0 Å². The number of rotatable bonds is 7. The molecule has 1 fully saturated rings. The van der Waals surface area contributed by atoms with Gasteiger partial charge in [-0.1, -0.05) is 26.2 Å². The average Bonchev–Trinajstić information content (AvgIpc) is 2.93. The number of nitrogen functional groups attached to an aromatic ring is 1. The molecule has 0 radical (unpaired) electrons. The molecular weight excluding hydrogens is 385 g/mol. The van der Waals surface area contributed by atoms with Gasteiger partial charge in [0.25, 0.3) is 0 Å². The third-order valence-electron chi connectivity index (χ3n) is 4.79. The fraction of sp³-hybridized carbons (Fsp3) is 0.667. The van der Waals surface area contributed by atoms with Crippen molar-refractivity contribution in [1.82, 2.24) is 4.90 Å². The Hall–Kier alpha value is -0.490. The van der Waals surface area contributed by atoms with Crippen LogP contribution >= 0.6 is 24.0 Å². The van der Waals surface area contributed by atoms with Gasteiger partial charge in [-0.05, 0) is 57.1 Å². The highest BCUT2D eigenvalue weighted by molar-refractivity contribution is 14.0. The average molecular weight is 417 g/mol. The fourth-order valence-corrected chi connectivity index (χ4v) is 3.54. The first-order chi connectivity index (χ1) is 10.1. The first-order valence-electron chi connectivity index (χ1n) is 8.38. The second-order valence-corrected chi connectivity index (χ2v) is 6.61. The Kier molecular flexibility index (Phi) is 8.54. The molecule has 1 saturated heterocycles.